The standard InChI is InChI=1S/C73H63BN4OS/c1-71(2,3)49-28-25-47(26-29-49)70-75-61-44-60-63(45-68(61)80-70)78(55-35-38-67-58(42-55)57-39-48(27-37-66(57)79-67)46-19-13-10-14-20-46)65-41-51(73(7,8)9)40-64-69(65)74(60)59-36-34-56(76(52-21-15-11-16-22-52)53-23-17-12-18-24-53)43-62(59)77(64)54-32-30-50(31-33-54)72(4,5)6/h10-45H,1-9H3. The number of anilines is 9. The van der Waals surface area contributed by atoms with Gasteiger partial charge in [-0.15, -0.1) is 11.3 Å². The molecule has 0 saturated heterocycles. The van der Waals surface area contributed by atoms with Crippen LogP contribution >= 0.6 is 11.3 Å². The Hall–Kier alpha value is -8.65. The summed E-state index contributed by atoms with van der Waals surface area (Å²) in [7, 11) is 0. The van der Waals surface area contributed by atoms with E-state index in [2.05, 4.69) is 295 Å². The van der Waals surface area contributed by atoms with Gasteiger partial charge in [0.05, 0.1) is 10.2 Å². The highest BCUT2D eigenvalue weighted by Crippen LogP contribution is 2.50. The number of thiazole rings is 1. The Kier molecular flexibility index (Phi) is 11.5. The molecule has 0 spiro atoms. The lowest BCUT2D eigenvalue weighted by atomic mass is 9.33. The Balaban J connectivity index is 1.05. The maximum absolute atomic E-state index is 6.66. The molecule has 2 aliphatic rings. The summed E-state index contributed by atoms with van der Waals surface area (Å²) in [5, 5.41) is 3.20. The first-order valence-electron chi connectivity index (χ1n) is 28.0. The number of rotatable bonds is 7. The first kappa shape index (κ1) is 49.6. The van der Waals surface area contributed by atoms with Gasteiger partial charge in [0.1, 0.15) is 16.2 Å². The monoisotopic (exact) mass is 1050 g/mol. The van der Waals surface area contributed by atoms with Crippen LogP contribution in [0.2, 0.25) is 0 Å². The lowest BCUT2D eigenvalue weighted by Gasteiger charge is -2.45. The first-order valence-corrected chi connectivity index (χ1v) is 28.9. The van der Waals surface area contributed by atoms with Crippen molar-refractivity contribution in [3.8, 4) is 21.7 Å². The van der Waals surface area contributed by atoms with Crippen LogP contribution in [0.4, 0.5) is 51.2 Å². The number of aromatic nitrogens is 1. The van der Waals surface area contributed by atoms with Gasteiger partial charge in [-0.3, -0.25) is 0 Å². The molecule has 5 nitrogen and oxygen atoms in total. The SMILES string of the molecule is CC(C)(C)c1ccc(-c2nc3cc4c(cc3s2)N(c2ccc3oc5ccc(-c6ccccc6)cc5c3c2)c2cc(C(C)(C)C)cc3c2B4c2ccc(N(c4ccccc4)c4ccccc4)cc2N3c2ccc(C(C)(C)C)cc2)cc1. The van der Waals surface area contributed by atoms with Gasteiger partial charge in [0.15, 0.2) is 0 Å². The summed E-state index contributed by atoms with van der Waals surface area (Å²) in [6.45, 7) is 20.6. The van der Waals surface area contributed by atoms with Crippen molar-refractivity contribution < 1.29 is 4.42 Å². The molecule has 80 heavy (non-hydrogen) atoms. The molecular weight excluding hydrogens is 992 g/mol. The Morgan fingerprint density at radius 1 is 0.412 bits per heavy atom. The van der Waals surface area contributed by atoms with E-state index in [9.17, 15) is 0 Å². The normalized spacial score (nSPS) is 13.2. The van der Waals surface area contributed by atoms with Gasteiger partial charge < -0.3 is 19.1 Å². The van der Waals surface area contributed by atoms with Crippen molar-refractivity contribution in [1.29, 1.82) is 0 Å². The Bertz CT molecular complexity index is 4320. The molecule has 0 unspecified atom stereocenters. The number of hydrogen-bond donors (Lipinski definition) is 0. The number of hydrogen-bond acceptors (Lipinski definition) is 6. The smallest absolute Gasteiger partial charge is 0.252 e. The third kappa shape index (κ3) is 8.40. The molecule has 0 N–H and O–H groups in total. The molecule has 0 saturated carbocycles. The Morgan fingerprint density at radius 3 is 1.55 bits per heavy atom. The molecule has 2 aromatic heterocycles. The molecule has 7 heteroatoms. The summed E-state index contributed by atoms with van der Waals surface area (Å²) >= 11 is 1.77. The minimum atomic E-state index is -0.202. The highest BCUT2D eigenvalue weighted by molar-refractivity contribution is 7.21. The highest BCUT2D eigenvalue weighted by atomic mass is 32.1. The van der Waals surface area contributed by atoms with Crippen molar-refractivity contribution in [2.75, 3.05) is 14.7 Å². The average molecular weight is 1060 g/mol. The zero-order chi connectivity index (χ0) is 54.8. The second-order valence-electron chi connectivity index (χ2n) is 24.9. The van der Waals surface area contributed by atoms with Crippen LogP contribution < -0.4 is 31.1 Å². The van der Waals surface area contributed by atoms with Crippen LogP contribution in [0.15, 0.2) is 223 Å². The number of nitrogens with zero attached hydrogens (tertiary/aromatic N) is 4. The van der Waals surface area contributed by atoms with Crippen LogP contribution in [-0.4, -0.2) is 11.7 Å². The van der Waals surface area contributed by atoms with E-state index in [1.807, 2.05) is 0 Å². The van der Waals surface area contributed by atoms with Crippen molar-refractivity contribution in [2.24, 2.45) is 0 Å². The first-order chi connectivity index (χ1) is 38.5. The molecule has 10 aromatic carbocycles. The van der Waals surface area contributed by atoms with Gasteiger partial charge in [-0.1, -0.05) is 178 Å². The van der Waals surface area contributed by atoms with E-state index in [1.54, 1.807) is 11.3 Å². The van der Waals surface area contributed by atoms with Crippen LogP contribution in [0.5, 0.6) is 0 Å². The second-order valence-corrected chi connectivity index (χ2v) is 25.9. The van der Waals surface area contributed by atoms with Gasteiger partial charge in [-0.2, -0.15) is 0 Å². The zero-order valence-electron chi connectivity index (χ0n) is 47.0. The fraction of sp³-hybridized carbons (Fsp3) is 0.164. The summed E-state index contributed by atoms with van der Waals surface area (Å²) in [6.07, 6.45) is 0. The number of fused-ring (bicyclic) bond motifs is 8. The summed E-state index contributed by atoms with van der Waals surface area (Å²) in [5.74, 6) is 0. The molecule has 0 radical (unpaired) electrons. The van der Waals surface area contributed by atoms with E-state index in [0.717, 1.165) is 88.1 Å². The highest BCUT2D eigenvalue weighted by Gasteiger charge is 2.45. The molecule has 0 atom stereocenters. The van der Waals surface area contributed by atoms with Gasteiger partial charge in [0, 0.05) is 67.5 Å². The molecular formula is C73H63BN4OS. The van der Waals surface area contributed by atoms with Gasteiger partial charge in [-0.05, 0) is 164 Å². The van der Waals surface area contributed by atoms with E-state index in [4.69, 9.17) is 9.40 Å². The molecule has 0 amide bonds. The van der Waals surface area contributed by atoms with E-state index >= 15 is 0 Å². The molecule has 14 rings (SSSR count). The molecule has 0 bridgehead atoms. The Labute approximate surface area is 474 Å². The van der Waals surface area contributed by atoms with Crippen LogP contribution in [0.3, 0.4) is 0 Å². The van der Waals surface area contributed by atoms with E-state index in [0.29, 0.717) is 0 Å². The Morgan fingerprint density at radius 2 is 0.938 bits per heavy atom. The molecule has 12 aromatic rings. The largest absolute Gasteiger partial charge is 0.456 e. The van der Waals surface area contributed by atoms with E-state index in [1.165, 1.54) is 50.0 Å². The topological polar surface area (TPSA) is 35.8 Å². The van der Waals surface area contributed by atoms with Crippen LogP contribution in [0.1, 0.15) is 79.0 Å². The number of furan rings is 1. The summed E-state index contributed by atoms with van der Waals surface area (Å²) in [4.78, 5) is 13.0. The third-order valence-electron chi connectivity index (χ3n) is 16.5. The van der Waals surface area contributed by atoms with Crippen LogP contribution in [0.25, 0.3) is 53.9 Å². The maximum atomic E-state index is 6.66. The van der Waals surface area contributed by atoms with Gasteiger partial charge in [-0.25, -0.2) is 4.98 Å². The number of benzene rings is 10. The molecule has 0 fully saturated rings. The summed E-state index contributed by atoms with van der Waals surface area (Å²) < 4.78 is 7.81. The van der Waals surface area contributed by atoms with Crippen molar-refractivity contribution in [3.63, 3.8) is 0 Å². The molecule has 4 heterocycles. The average Bonchev–Trinajstić information content (AvgIpc) is 4.14. The van der Waals surface area contributed by atoms with E-state index in [-0.39, 0.29) is 23.0 Å². The molecule has 2 aliphatic heterocycles. The van der Waals surface area contributed by atoms with Crippen molar-refractivity contribution in [1.82, 2.24) is 4.98 Å². The lowest BCUT2D eigenvalue weighted by molar-refractivity contribution is 0.590. The van der Waals surface area contributed by atoms with Gasteiger partial charge in [0.25, 0.3) is 6.71 Å². The van der Waals surface area contributed by atoms with Crippen molar-refractivity contribution >= 4 is 118 Å². The van der Waals surface area contributed by atoms with Gasteiger partial charge >= 0.3 is 0 Å². The fourth-order valence-electron chi connectivity index (χ4n) is 12.2. The van der Waals surface area contributed by atoms with Gasteiger partial charge in [0.2, 0.25) is 0 Å². The quantitative estimate of drug-likeness (QED) is 0.149. The summed E-state index contributed by atoms with van der Waals surface area (Å²) in [5.41, 5.74) is 23.7. The summed E-state index contributed by atoms with van der Waals surface area (Å²) in [6, 6.07) is 80.9. The molecule has 0 aliphatic carbocycles. The lowest BCUT2D eigenvalue weighted by Crippen LogP contribution is -2.61. The van der Waals surface area contributed by atoms with Crippen molar-refractivity contribution in [2.45, 2.75) is 78.6 Å². The minimum Gasteiger partial charge on any atom is -0.456 e. The second kappa shape index (κ2) is 18.5. The predicted octanol–water partition coefficient (Wildman–Crippen LogP) is 19.0. The number of para-hydroxylation sites is 2. The minimum absolute atomic E-state index is 0.0146. The fourth-order valence-corrected chi connectivity index (χ4v) is 13.2. The maximum Gasteiger partial charge on any atom is 0.252 e. The third-order valence-corrected chi connectivity index (χ3v) is 17.6. The zero-order valence-corrected chi connectivity index (χ0v) is 47.8. The van der Waals surface area contributed by atoms with E-state index < -0.39 is 0 Å². The predicted molar refractivity (Wildman–Crippen MR) is 343 cm³/mol. The van der Waals surface area contributed by atoms with Crippen LogP contribution in [-0.2, 0) is 16.2 Å². The van der Waals surface area contributed by atoms with Crippen molar-refractivity contribution in [3.05, 3.63) is 235 Å². The van der Waals surface area contributed by atoms with Crippen LogP contribution in [0, 0.1) is 0 Å². The molecule has 390 valence electrons.